The monoisotopic (exact) mass is 380 g/mol. The van der Waals surface area contributed by atoms with E-state index in [1.807, 2.05) is 13.8 Å². The zero-order valence-electron chi connectivity index (χ0n) is 14.9. The molecule has 3 heterocycles. The van der Waals surface area contributed by atoms with Crippen LogP contribution in [0.1, 0.15) is 26.7 Å². The van der Waals surface area contributed by atoms with E-state index in [0.717, 1.165) is 6.42 Å². The first-order valence-electron chi connectivity index (χ1n) is 8.73. The minimum atomic E-state index is -3.28. The number of rotatable bonds is 5. The predicted octanol–water partition coefficient (Wildman–Crippen LogP) is 1.53. The van der Waals surface area contributed by atoms with Crippen LogP contribution in [-0.2, 0) is 10.0 Å². The van der Waals surface area contributed by atoms with Crippen molar-refractivity contribution in [3.8, 4) is 0 Å². The summed E-state index contributed by atoms with van der Waals surface area (Å²) in [6.45, 7) is 4.63. The van der Waals surface area contributed by atoms with E-state index in [4.69, 9.17) is 0 Å². The van der Waals surface area contributed by atoms with Crippen molar-refractivity contribution in [1.29, 1.82) is 0 Å². The van der Waals surface area contributed by atoms with Gasteiger partial charge in [-0.1, -0.05) is 13.8 Å². The number of nitrogens with zero attached hydrogens (tertiary/aromatic N) is 3. The Morgan fingerprint density at radius 1 is 1.42 bits per heavy atom. The van der Waals surface area contributed by atoms with E-state index < -0.39 is 16.1 Å². The van der Waals surface area contributed by atoms with Gasteiger partial charge >= 0.3 is 6.03 Å². The zero-order valence-corrected chi connectivity index (χ0v) is 15.7. The molecule has 2 amide bonds. The Hall–Kier alpha value is -2.20. The molecule has 0 aromatic carbocycles. The van der Waals surface area contributed by atoms with Crippen LogP contribution < -0.4 is 10.6 Å². The van der Waals surface area contributed by atoms with E-state index in [1.165, 1.54) is 10.5 Å². The third kappa shape index (κ3) is 4.31. The second-order valence-corrected chi connectivity index (χ2v) is 8.82. The molecule has 3 rings (SSSR count). The van der Waals surface area contributed by atoms with E-state index in [0.29, 0.717) is 36.5 Å². The molecule has 2 aromatic heterocycles. The molecule has 1 fully saturated rings. The van der Waals surface area contributed by atoms with E-state index in [9.17, 15) is 13.2 Å². The lowest BCUT2D eigenvalue weighted by atomic mass is 9.98. The van der Waals surface area contributed by atoms with Crippen LogP contribution in [0, 0.1) is 5.92 Å². The molecule has 0 aliphatic carbocycles. The molecule has 2 atom stereocenters. The number of carbonyl (C=O) groups excluding carboxylic acids is 1. The van der Waals surface area contributed by atoms with Gasteiger partial charge in [0.15, 0.2) is 11.5 Å². The summed E-state index contributed by atoms with van der Waals surface area (Å²) in [6.07, 6.45) is 4.50. The van der Waals surface area contributed by atoms with Gasteiger partial charge in [-0.15, -0.1) is 0 Å². The third-order valence-electron chi connectivity index (χ3n) is 4.32. The van der Waals surface area contributed by atoms with Gasteiger partial charge < -0.3 is 10.3 Å². The van der Waals surface area contributed by atoms with Gasteiger partial charge in [-0.05, 0) is 24.8 Å². The van der Waals surface area contributed by atoms with Crippen molar-refractivity contribution in [3.05, 3.63) is 18.5 Å². The number of anilines is 1. The van der Waals surface area contributed by atoms with E-state index in [-0.39, 0.29) is 17.7 Å². The molecule has 1 saturated heterocycles. The van der Waals surface area contributed by atoms with Crippen molar-refractivity contribution in [2.45, 2.75) is 32.7 Å². The number of fused-ring (bicyclic) bond motifs is 1. The first kappa shape index (κ1) is 18.6. The lowest BCUT2D eigenvalue weighted by molar-refractivity contribution is 0.216. The Balaban J connectivity index is 1.62. The highest BCUT2D eigenvalue weighted by Crippen LogP contribution is 2.20. The van der Waals surface area contributed by atoms with Gasteiger partial charge in [-0.2, -0.15) is 4.31 Å². The van der Waals surface area contributed by atoms with Crippen molar-refractivity contribution >= 4 is 33.0 Å². The van der Waals surface area contributed by atoms with Crippen LogP contribution in [0.3, 0.4) is 0 Å². The molecular weight excluding hydrogens is 356 g/mol. The summed E-state index contributed by atoms with van der Waals surface area (Å²) in [7, 11) is -3.28. The van der Waals surface area contributed by atoms with Gasteiger partial charge in [0.25, 0.3) is 0 Å². The second-order valence-electron chi connectivity index (χ2n) is 6.74. The average Bonchev–Trinajstić information content (AvgIpc) is 3.01. The Morgan fingerprint density at radius 2 is 2.23 bits per heavy atom. The number of nitrogens with one attached hydrogen (secondary N) is 3. The molecule has 2 aromatic rings. The van der Waals surface area contributed by atoms with Crippen LogP contribution in [-0.4, -0.2) is 58.6 Å². The summed E-state index contributed by atoms with van der Waals surface area (Å²) in [5, 5.41) is 5.51. The van der Waals surface area contributed by atoms with Crippen LogP contribution in [0.25, 0.3) is 11.2 Å². The van der Waals surface area contributed by atoms with Crippen LogP contribution in [0.15, 0.2) is 18.5 Å². The third-order valence-corrected chi connectivity index (χ3v) is 6.33. The summed E-state index contributed by atoms with van der Waals surface area (Å²) < 4.78 is 26.1. The first-order valence-corrected chi connectivity index (χ1v) is 10.3. The minimum Gasteiger partial charge on any atom is -0.345 e. The van der Waals surface area contributed by atoms with Crippen molar-refractivity contribution in [2.24, 2.45) is 5.92 Å². The highest BCUT2D eigenvalue weighted by Gasteiger charge is 2.32. The van der Waals surface area contributed by atoms with Gasteiger partial charge in [0.1, 0.15) is 5.52 Å². The Bertz CT molecular complexity index is 881. The molecule has 0 radical (unpaired) electrons. The number of H-pyrrole nitrogens is 1. The Labute approximate surface area is 152 Å². The molecule has 0 unspecified atom stereocenters. The van der Waals surface area contributed by atoms with Crippen molar-refractivity contribution in [3.63, 3.8) is 0 Å². The number of carbonyl (C=O) groups is 1. The standard InChI is InChI=1S/C16H24N6O3S/c1-3-6-26(24,25)22-9-11(2)7-12(10-22)19-16(23)21-14-8-18-15-13(20-14)4-5-17-15/h4-5,8,11-12H,3,6-7,9-10H2,1-2H3,(H,17,18)(H2,19,20,21,23)/t11-,12-/m0/s1. The molecule has 1 aliphatic rings. The molecule has 10 heteroatoms. The molecule has 0 saturated carbocycles. The molecular formula is C16H24N6O3S. The van der Waals surface area contributed by atoms with Gasteiger partial charge in [0, 0.05) is 25.3 Å². The van der Waals surface area contributed by atoms with E-state index in [1.54, 1.807) is 12.3 Å². The normalized spacial score (nSPS) is 21.6. The lowest BCUT2D eigenvalue weighted by Gasteiger charge is -2.35. The maximum atomic E-state index is 12.3. The molecule has 1 aliphatic heterocycles. The number of aromatic amines is 1. The summed E-state index contributed by atoms with van der Waals surface area (Å²) >= 11 is 0. The summed E-state index contributed by atoms with van der Waals surface area (Å²) in [5.41, 5.74) is 1.31. The zero-order chi connectivity index (χ0) is 18.7. The number of hydrogen-bond donors (Lipinski definition) is 3. The van der Waals surface area contributed by atoms with Crippen LogP contribution in [0.5, 0.6) is 0 Å². The molecule has 26 heavy (non-hydrogen) atoms. The van der Waals surface area contributed by atoms with Gasteiger partial charge in [-0.25, -0.2) is 23.2 Å². The van der Waals surface area contributed by atoms with E-state index >= 15 is 0 Å². The van der Waals surface area contributed by atoms with Crippen LogP contribution >= 0.6 is 0 Å². The maximum absolute atomic E-state index is 12.3. The van der Waals surface area contributed by atoms with Gasteiger partial charge in [0.2, 0.25) is 10.0 Å². The topological polar surface area (TPSA) is 120 Å². The number of amides is 2. The van der Waals surface area contributed by atoms with Crippen molar-refractivity contribution in [2.75, 3.05) is 24.2 Å². The van der Waals surface area contributed by atoms with Gasteiger partial charge in [0.05, 0.1) is 11.9 Å². The highest BCUT2D eigenvalue weighted by atomic mass is 32.2. The van der Waals surface area contributed by atoms with E-state index in [2.05, 4.69) is 25.6 Å². The molecule has 9 nitrogen and oxygen atoms in total. The lowest BCUT2D eigenvalue weighted by Crippen LogP contribution is -2.53. The fourth-order valence-corrected chi connectivity index (χ4v) is 4.91. The smallest absolute Gasteiger partial charge is 0.320 e. The van der Waals surface area contributed by atoms with Crippen LogP contribution in [0.2, 0.25) is 0 Å². The highest BCUT2D eigenvalue weighted by molar-refractivity contribution is 7.89. The predicted molar refractivity (Wildman–Crippen MR) is 99.3 cm³/mol. The second kappa shape index (κ2) is 7.58. The Morgan fingerprint density at radius 3 is 3.00 bits per heavy atom. The molecule has 0 bridgehead atoms. The number of sulfonamides is 1. The Kier molecular flexibility index (Phi) is 5.42. The average molecular weight is 380 g/mol. The number of urea groups is 1. The maximum Gasteiger partial charge on any atom is 0.320 e. The first-order chi connectivity index (χ1) is 12.4. The number of hydrogen-bond acceptors (Lipinski definition) is 5. The van der Waals surface area contributed by atoms with Crippen molar-refractivity contribution in [1.82, 2.24) is 24.6 Å². The van der Waals surface area contributed by atoms with Crippen LogP contribution in [0.4, 0.5) is 10.6 Å². The molecule has 0 spiro atoms. The van der Waals surface area contributed by atoms with Gasteiger partial charge in [-0.3, -0.25) is 5.32 Å². The summed E-state index contributed by atoms with van der Waals surface area (Å²) in [5.74, 6) is 0.649. The molecule has 142 valence electrons. The fourth-order valence-electron chi connectivity index (χ4n) is 3.25. The fraction of sp³-hybridized carbons (Fsp3) is 0.562. The summed E-state index contributed by atoms with van der Waals surface area (Å²) in [4.78, 5) is 23.7. The number of piperidine rings is 1. The largest absolute Gasteiger partial charge is 0.345 e. The quantitative estimate of drug-likeness (QED) is 0.726. The summed E-state index contributed by atoms with van der Waals surface area (Å²) in [6, 6.07) is 1.11. The van der Waals surface area contributed by atoms with Crippen molar-refractivity contribution < 1.29 is 13.2 Å². The minimum absolute atomic E-state index is 0.130. The number of aromatic nitrogens is 3. The SMILES string of the molecule is CCCS(=O)(=O)N1C[C@@H](C)C[C@H](NC(=O)Nc2cnc3[nH]ccc3n2)C1. The molecule has 3 N–H and O–H groups in total.